The molecule has 0 aliphatic carbocycles. The first-order valence-corrected chi connectivity index (χ1v) is 7.91. The fourth-order valence-corrected chi connectivity index (χ4v) is 3.46. The molecular weight excluding hydrogens is 291 g/mol. The maximum atomic E-state index is 13.0. The SMILES string of the molecule is C[C@]1(CNC(=O)CNC(=O)c2cccc(F)c2)CCCS1. The molecular formula is C15H19FN2O2S. The maximum absolute atomic E-state index is 13.0. The predicted molar refractivity (Wildman–Crippen MR) is 81.8 cm³/mol. The third-order valence-corrected chi connectivity index (χ3v) is 4.99. The van der Waals surface area contributed by atoms with E-state index in [1.165, 1.54) is 24.6 Å². The Bertz CT molecular complexity index is 530. The van der Waals surface area contributed by atoms with E-state index in [-0.39, 0.29) is 22.8 Å². The highest BCUT2D eigenvalue weighted by Gasteiger charge is 2.29. The van der Waals surface area contributed by atoms with E-state index < -0.39 is 11.7 Å². The first kappa shape index (κ1) is 15.8. The summed E-state index contributed by atoms with van der Waals surface area (Å²) in [6.07, 6.45) is 2.26. The fourth-order valence-electron chi connectivity index (χ4n) is 2.22. The van der Waals surface area contributed by atoms with Gasteiger partial charge in [-0.25, -0.2) is 4.39 Å². The van der Waals surface area contributed by atoms with Crippen molar-refractivity contribution in [2.24, 2.45) is 0 Å². The van der Waals surface area contributed by atoms with Crippen molar-refractivity contribution >= 4 is 23.6 Å². The van der Waals surface area contributed by atoms with E-state index in [1.54, 1.807) is 0 Å². The van der Waals surface area contributed by atoms with Crippen molar-refractivity contribution in [3.8, 4) is 0 Å². The second-order valence-electron chi connectivity index (χ2n) is 5.37. The Balaban J connectivity index is 1.75. The van der Waals surface area contributed by atoms with Gasteiger partial charge in [0.05, 0.1) is 6.54 Å². The van der Waals surface area contributed by atoms with Crippen molar-refractivity contribution in [1.82, 2.24) is 10.6 Å². The van der Waals surface area contributed by atoms with E-state index in [2.05, 4.69) is 17.6 Å². The zero-order chi connectivity index (χ0) is 15.3. The van der Waals surface area contributed by atoms with Crippen LogP contribution < -0.4 is 10.6 Å². The van der Waals surface area contributed by atoms with Gasteiger partial charge in [-0.2, -0.15) is 11.8 Å². The van der Waals surface area contributed by atoms with Crippen LogP contribution in [-0.4, -0.2) is 35.4 Å². The second kappa shape index (κ2) is 6.93. The molecule has 0 radical (unpaired) electrons. The summed E-state index contributed by atoms with van der Waals surface area (Å²) < 4.78 is 13.1. The minimum Gasteiger partial charge on any atom is -0.353 e. The number of benzene rings is 1. The van der Waals surface area contributed by atoms with Crippen LogP contribution in [0.4, 0.5) is 4.39 Å². The summed E-state index contributed by atoms with van der Waals surface area (Å²) in [7, 11) is 0. The molecule has 0 saturated carbocycles. The fraction of sp³-hybridized carbons (Fsp3) is 0.467. The molecule has 0 unspecified atom stereocenters. The number of hydrogen-bond acceptors (Lipinski definition) is 3. The third kappa shape index (κ3) is 4.74. The van der Waals surface area contributed by atoms with E-state index in [1.807, 2.05) is 11.8 Å². The van der Waals surface area contributed by atoms with Gasteiger partial charge in [0.25, 0.3) is 5.91 Å². The quantitative estimate of drug-likeness (QED) is 0.874. The number of amides is 2. The van der Waals surface area contributed by atoms with Crippen molar-refractivity contribution in [2.75, 3.05) is 18.8 Å². The molecule has 0 aromatic heterocycles. The number of halogens is 1. The molecule has 1 saturated heterocycles. The summed E-state index contributed by atoms with van der Waals surface area (Å²) in [5.41, 5.74) is 0.209. The van der Waals surface area contributed by atoms with Gasteiger partial charge in [0.1, 0.15) is 5.82 Å². The van der Waals surface area contributed by atoms with E-state index in [9.17, 15) is 14.0 Å². The summed E-state index contributed by atoms with van der Waals surface area (Å²) in [4.78, 5) is 23.5. The lowest BCUT2D eigenvalue weighted by Crippen LogP contribution is -2.42. The van der Waals surface area contributed by atoms with Crippen LogP contribution in [-0.2, 0) is 4.79 Å². The minimum atomic E-state index is -0.474. The van der Waals surface area contributed by atoms with Gasteiger partial charge in [-0.3, -0.25) is 9.59 Å². The van der Waals surface area contributed by atoms with E-state index >= 15 is 0 Å². The number of nitrogens with one attached hydrogen (secondary N) is 2. The summed E-state index contributed by atoms with van der Waals surface area (Å²) in [6, 6.07) is 5.38. The van der Waals surface area contributed by atoms with Crippen LogP contribution >= 0.6 is 11.8 Å². The molecule has 0 bridgehead atoms. The summed E-state index contributed by atoms with van der Waals surface area (Å²) >= 11 is 1.87. The summed E-state index contributed by atoms with van der Waals surface area (Å²) in [5.74, 6) is -0.0271. The minimum absolute atomic E-state index is 0.0994. The molecule has 1 fully saturated rings. The van der Waals surface area contributed by atoms with Crippen molar-refractivity contribution in [2.45, 2.75) is 24.5 Å². The standard InChI is InChI=1S/C15H19FN2O2S/c1-15(6-3-7-21-15)10-18-13(19)9-17-14(20)11-4-2-5-12(16)8-11/h2,4-5,8H,3,6-7,9-10H2,1H3,(H,17,20)(H,18,19)/t15-/m1/s1. The molecule has 1 atom stereocenters. The smallest absolute Gasteiger partial charge is 0.251 e. The lowest BCUT2D eigenvalue weighted by molar-refractivity contribution is -0.120. The Kier molecular flexibility index (Phi) is 5.22. The molecule has 2 rings (SSSR count). The van der Waals surface area contributed by atoms with E-state index in [4.69, 9.17) is 0 Å². The molecule has 6 heteroatoms. The Labute approximate surface area is 127 Å². The summed E-state index contributed by atoms with van der Waals surface area (Å²) in [6.45, 7) is 2.64. The molecule has 0 spiro atoms. The average Bonchev–Trinajstić information content (AvgIpc) is 2.90. The maximum Gasteiger partial charge on any atom is 0.251 e. The van der Waals surface area contributed by atoms with Crippen molar-refractivity contribution in [3.63, 3.8) is 0 Å². The van der Waals surface area contributed by atoms with Gasteiger partial charge in [-0.05, 0) is 43.7 Å². The highest BCUT2D eigenvalue weighted by molar-refractivity contribution is 8.00. The average molecular weight is 310 g/mol. The molecule has 1 aromatic carbocycles. The third-order valence-electron chi connectivity index (χ3n) is 3.46. The number of thioether (sulfide) groups is 1. The molecule has 1 aliphatic heterocycles. The van der Waals surface area contributed by atoms with Gasteiger partial charge in [-0.1, -0.05) is 6.07 Å². The zero-order valence-electron chi connectivity index (χ0n) is 11.9. The van der Waals surface area contributed by atoms with Crippen molar-refractivity contribution in [1.29, 1.82) is 0 Å². The van der Waals surface area contributed by atoms with Gasteiger partial charge < -0.3 is 10.6 Å². The molecule has 4 nitrogen and oxygen atoms in total. The highest BCUT2D eigenvalue weighted by atomic mass is 32.2. The number of carbonyl (C=O) groups excluding carboxylic acids is 2. The number of rotatable bonds is 5. The topological polar surface area (TPSA) is 58.2 Å². The number of hydrogen-bond donors (Lipinski definition) is 2. The van der Waals surface area contributed by atoms with E-state index in [0.29, 0.717) is 6.54 Å². The van der Waals surface area contributed by atoms with Gasteiger partial charge in [0.2, 0.25) is 5.91 Å². The lowest BCUT2D eigenvalue weighted by atomic mass is 10.1. The van der Waals surface area contributed by atoms with Gasteiger partial charge in [-0.15, -0.1) is 0 Å². The molecule has 1 aromatic rings. The molecule has 114 valence electrons. The monoisotopic (exact) mass is 310 g/mol. The lowest BCUT2D eigenvalue weighted by Gasteiger charge is -2.22. The number of carbonyl (C=O) groups is 2. The van der Waals surface area contributed by atoms with Crippen molar-refractivity contribution in [3.05, 3.63) is 35.6 Å². The van der Waals surface area contributed by atoms with Crippen LogP contribution in [0.2, 0.25) is 0 Å². The normalized spacial score (nSPS) is 21.0. The van der Waals surface area contributed by atoms with Crippen LogP contribution in [0.25, 0.3) is 0 Å². The van der Waals surface area contributed by atoms with Crippen LogP contribution in [0.15, 0.2) is 24.3 Å². The first-order chi connectivity index (χ1) is 9.98. The largest absolute Gasteiger partial charge is 0.353 e. The zero-order valence-corrected chi connectivity index (χ0v) is 12.8. The molecule has 2 amide bonds. The van der Waals surface area contributed by atoms with Gasteiger partial charge in [0, 0.05) is 16.9 Å². The van der Waals surface area contributed by atoms with Crippen LogP contribution in [0, 0.1) is 5.82 Å². The summed E-state index contributed by atoms with van der Waals surface area (Å²) in [5, 5.41) is 5.32. The molecule has 1 heterocycles. The van der Waals surface area contributed by atoms with Gasteiger partial charge >= 0.3 is 0 Å². The van der Waals surface area contributed by atoms with Crippen LogP contribution in [0.5, 0.6) is 0 Å². The Morgan fingerprint density at radius 1 is 1.38 bits per heavy atom. The van der Waals surface area contributed by atoms with E-state index in [0.717, 1.165) is 18.2 Å². The van der Waals surface area contributed by atoms with Crippen molar-refractivity contribution < 1.29 is 14.0 Å². The molecule has 1 aliphatic rings. The van der Waals surface area contributed by atoms with Crippen LogP contribution in [0.1, 0.15) is 30.1 Å². The highest BCUT2D eigenvalue weighted by Crippen LogP contribution is 2.36. The molecule has 21 heavy (non-hydrogen) atoms. The second-order valence-corrected chi connectivity index (χ2v) is 7.05. The van der Waals surface area contributed by atoms with Crippen LogP contribution in [0.3, 0.4) is 0 Å². The van der Waals surface area contributed by atoms with Gasteiger partial charge in [0.15, 0.2) is 0 Å². The first-order valence-electron chi connectivity index (χ1n) is 6.93. The Morgan fingerprint density at radius 3 is 2.86 bits per heavy atom. The Morgan fingerprint density at radius 2 is 2.19 bits per heavy atom. The molecule has 2 N–H and O–H groups in total. The Hall–Kier alpha value is -1.56. The predicted octanol–water partition coefficient (Wildman–Crippen LogP) is 1.96.